The molecule has 2 aromatic carbocycles. The minimum Gasteiger partial charge on any atom is -0.421 e. The molecular weight excluding hydrogens is 410 g/mol. The van der Waals surface area contributed by atoms with Gasteiger partial charge in [0, 0.05) is 21.0 Å². The lowest BCUT2D eigenvalue weighted by Crippen LogP contribution is -2.06. The Hall–Kier alpha value is -1.00. The minimum atomic E-state index is -0.461. The molecule has 22 heavy (non-hydrogen) atoms. The molecule has 0 saturated carbocycles. The lowest BCUT2D eigenvalue weighted by atomic mass is 9.99. The van der Waals surface area contributed by atoms with Crippen molar-refractivity contribution in [1.82, 2.24) is 0 Å². The summed E-state index contributed by atoms with van der Waals surface area (Å²) in [6.07, 6.45) is 0. The summed E-state index contributed by atoms with van der Waals surface area (Å²) in [5.41, 5.74) is 1.73. The summed E-state index contributed by atoms with van der Waals surface area (Å²) in [6.45, 7) is 1.84. The van der Waals surface area contributed by atoms with Crippen LogP contribution in [0.3, 0.4) is 0 Å². The van der Waals surface area contributed by atoms with Crippen molar-refractivity contribution < 1.29 is 4.42 Å². The largest absolute Gasteiger partial charge is 0.421 e. The quantitative estimate of drug-likeness (QED) is 0.423. The summed E-state index contributed by atoms with van der Waals surface area (Å²) in [7, 11) is 0. The van der Waals surface area contributed by atoms with Gasteiger partial charge in [0.2, 0.25) is 0 Å². The lowest BCUT2D eigenvalue weighted by molar-refractivity contribution is 0.561. The average molecular weight is 419 g/mol. The van der Waals surface area contributed by atoms with Crippen LogP contribution >= 0.6 is 50.7 Å². The van der Waals surface area contributed by atoms with E-state index in [0.29, 0.717) is 36.3 Å². The van der Waals surface area contributed by atoms with Crippen LogP contribution in [0.15, 0.2) is 44.0 Å². The Balaban J connectivity index is 2.43. The maximum Gasteiger partial charge on any atom is 0.344 e. The highest BCUT2D eigenvalue weighted by molar-refractivity contribution is 9.10. The number of rotatable bonds is 1. The molecule has 0 spiro atoms. The van der Waals surface area contributed by atoms with E-state index in [9.17, 15) is 4.79 Å². The van der Waals surface area contributed by atoms with Crippen LogP contribution in [0, 0.1) is 6.92 Å². The summed E-state index contributed by atoms with van der Waals surface area (Å²) >= 11 is 21.6. The Bertz CT molecular complexity index is 964. The molecular formula is C16H8BrCl3O2. The first-order valence-corrected chi connectivity index (χ1v) is 8.19. The molecule has 0 N–H and O–H groups in total. The van der Waals surface area contributed by atoms with Gasteiger partial charge < -0.3 is 4.42 Å². The molecule has 0 saturated heterocycles. The number of halogens is 4. The van der Waals surface area contributed by atoms with Crippen LogP contribution in [-0.2, 0) is 0 Å². The second kappa shape index (κ2) is 5.89. The summed E-state index contributed by atoms with van der Waals surface area (Å²) in [5, 5.41) is 2.19. The van der Waals surface area contributed by atoms with Gasteiger partial charge in [0.1, 0.15) is 0 Å². The van der Waals surface area contributed by atoms with E-state index in [1.165, 1.54) is 0 Å². The van der Waals surface area contributed by atoms with Crippen LogP contribution in [0.25, 0.3) is 22.1 Å². The van der Waals surface area contributed by atoms with Crippen molar-refractivity contribution in [3.05, 3.63) is 65.9 Å². The van der Waals surface area contributed by atoms with Gasteiger partial charge >= 0.3 is 5.63 Å². The predicted molar refractivity (Wildman–Crippen MR) is 95.4 cm³/mol. The van der Waals surface area contributed by atoms with Crippen LogP contribution < -0.4 is 5.63 Å². The predicted octanol–water partition coefficient (Wildman–Crippen LogP) is 6.49. The standard InChI is InChI=1S/C16H8BrCl3O2/c1-7-11-4-9(19)5-12(17)15(11)22-16(21)14(7)10-3-2-8(18)6-13(10)20/h2-6H,1H3. The van der Waals surface area contributed by atoms with Crippen LogP contribution in [0.2, 0.25) is 15.1 Å². The highest BCUT2D eigenvalue weighted by Crippen LogP contribution is 2.36. The van der Waals surface area contributed by atoms with Crippen LogP contribution in [0.1, 0.15) is 5.56 Å². The molecule has 3 rings (SSSR count). The third-order valence-electron chi connectivity index (χ3n) is 3.39. The number of benzene rings is 2. The lowest BCUT2D eigenvalue weighted by Gasteiger charge is -2.11. The van der Waals surface area contributed by atoms with E-state index in [1.807, 2.05) is 6.92 Å². The Labute approximate surface area is 149 Å². The maximum absolute atomic E-state index is 12.4. The van der Waals surface area contributed by atoms with Crippen molar-refractivity contribution in [2.45, 2.75) is 6.92 Å². The Morgan fingerprint density at radius 2 is 1.77 bits per heavy atom. The van der Waals surface area contributed by atoms with E-state index in [4.69, 9.17) is 39.2 Å². The van der Waals surface area contributed by atoms with Crippen molar-refractivity contribution in [3.8, 4) is 11.1 Å². The molecule has 112 valence electrons. The van der Waals surface area contributed by atoms with Crippen molar-refractivity contribution in [2.75, 3.05) is 0 Å². The summed E-state index contributed by atoms with van der Waals surface area (Å²) in [5.74, 6) is 0. The normalized spacial score (nSPS) is 11.1. The fourth-order valence-electron chi connectivity index (χ4n) is 2.38. The van der Waals surface area contributed by atoms with Gasteiger partial charge in [-0.15, -0.1) is 0 Å². The molecule has 0 aliphatic rings. The second-order valence-corrected chi connectivity index (χ2v) is 6.91. The fourth-order valence-corrected chi connectivity index (χ4v) is 3.77. The monoisotopic (exact) mass is 416 g/mol. The second-order valence-electron chi connectivity index (χ2n) is 4.78. The molecule has 0 unspecified atom stereocenters. The molecule has 0 amide bonds. The third-order valence-corrected chi connectivity index (χ3v) is 4.74. The molecule has 0 atom stereocenters. The molecule has 6 heteroatoms. The van der Waals surface area contributed by atoms with Gasteiger partial charge in [-0.1, -0.05) is 40.9 Å². The van der Waals surface area contributed by atoms with Crippen molar-refractivity contribution in [1.29, 1.82) is 0 Å². The third kappa shape index (κ3) is 2.67. The van der Waals surface area contributed by atoms with Gasteiger partial charge in [0.15, 0.2) is 5.58 Å². The molecule has 0 bridgehead atoms. The highest BCUT2D eigenvalue weighted by atomic mass is 79.9. The van der Waals surface area contributed by atoms with Crippen LogP contribution in [-0.4, -0.2) is 0 Å². The Morgan fingerprint density at radius 3 is 2.45 bits per heavy atom. The fraction of sp³-hybridized carbons (Fsp3) is 0.0625. The van der Waals surface area contributed by atoms with Crippen LogP contribution in [0.5, 0.6) is 0 Å². The van der Waals surface area contributed by atoms with E-state index < -0.39 is 5.63 Å². The van der Waals surface area contributed by atoms with Gasteiger partial charge in [0.25, 0.3) is 0 Å². The zero-order chi connectivity index (χ0) is 16.0. The maximum atomic E-state index is 12.4. The van der Waals surface area contributed by atoms with Gasteiger partial charge in [-0.05, 0) is 52.7 Å². The minimum absolute atomic E-state index is 0.392. The molecule has 0 aliphatic heterocycles. The van der Waals surface area contributed by atoms with Gasteiger partial charge in [-0.25, -0.2) is 4.79 Å². The first-order chi connectivity index (χ1) is 10.4. The topological polar surface area (TPSA) is 30.2 Å². The van der Waals surface area contributed by atoms with E-state index >= 15 is 0 Å². The molecule has 3 aromatic rings. The number of aryl methyl sites for hydroxylation is 1. The highest BCUT2D eigenvalue weighted by Gasteiger charge is 2.17. The van der Waals surface area contributed by atoms with Crippen molar-refractivity contribution >= 4 is 61.7 Å². The Morgan fingerprint density at radius 1 is 1.05 bits per heavy atom. The number of fused-ring (bicyclic) bond motifs is 1. The zero-order valence-electron chi connectivity index (χ0n) is 11.2. The first-order valence-electron chi connectivity index (χ1n) is 6.26. The summed E-state index contributed by atoms with van der Waals surface area (Å²) < 4.78 is 6.08. The molecule has 1 heterocycles. The molecule has 0 fully saturated rings. The SMILES string of the molecule is Cc1c(-c2ccc(Cl)cc2Cl)c(=O)oc2c(Br)cc(Cl)cc12. The van der Waals surface area contributed by atoms with E-state index in [-0.39, 0.29) is 0 Å². The van der Waals surface area contributed by atoms with Crippen molar-refractivity contribution in [3.63, 3.8) is 0 Å². The van der Waals surface area contributed by atoms with E-state index in [1.54, 1.807) is 30.3 Å². The van der Waals surface area contributed by atoms with E-state index in [2.05, 4.69) is 15.9 Å². The number of hydrogen-bond donors (Lipinski definition) is 0. The Kier molecular flexibility index (Phi) is 4.25. The summed E-state index contributed by atoms with van der Waals surface area (Å²) in [4.78, 5) is 12.4. The number of hydrogen-bond acceptors (Lipinski definition) is 2. The van der Waals surface area contributed by atoms with Gasteiger partial charge in [-0.3, -0.25) is 0 Å². The zero-order valence-corrected chi connectivity index (χ0v) is 15.1. The smallest absolute Gasteiger partial charge is 0.344 e. The molecule has 1 aromatic heterocycles. The van der Waals surface area contributed by atoms with Gasteiger partial charge in [-0.2, -0.15) is 0 Å². The van der Waals surface area contributed by atoms with Gasteiger partial charge in [0.05, 0.1) is 15.1 Å². The van der Waals surface area contributed by atoms with E-state index in [0.717, 1.165) is 10.9 Å². The van der Waals surface area contributed by atoms with Crippen LogP contribution in [0.4, 0.5) is 0 Å². The summed E-state index contributed by atoms with van der Waals surface area (Å²) in [6, 6.07) is 8.42. The molecule has 0 aliphatic carbocycles. The molecule has 0 radical (unpaired) electrons. The molecule has 2 nitrogen and oxygen atoms in total. The first kappa shape index (κ1) is 15.9. The average Bonchev–Trinajstić information content (AvgIpc) is 2.42. The van der Waals surface area contributed by atoms with Crippen molar-refractivity contribution in [2.24, 2.45) is 0 Å².